The zero-order chi connectivity index (χ0) is 15.2. The van der Waals surface area contributed by atoms with Crippen molar-refractivity contribution in [1.29, 1.82) is 0 Å². The van der Waals surface area contributed by atoms with Gasteiger partial charge < -0.3 is 15.4 Å². The van der Waals surface area contributed by atoms with Gasteiger partial charge in [-0.2, -0.15) is 0 Å². The Morgan fingerprint density at radius 3 is 3.22 bits per heavy atom. The molecule has 5 heterocycles. The van der Waals surface area contributed by atoms with Crippen LogP contribution in [0.1, 0.15) is 6.42 Å². The van der Waals surface area contributed by atoms with E-state index in [0.717, 1.165) is 48.2 Å². The third kappa shape index (κ3) is 2.04. The maximum Gasteiger partial charge on any atom is 0.200 e. The Morgan fingerprint density at radius 2 is 2.22 bits per heavy atom. The summed E-state index contributed by atoms with van der Waals surface area (Å²) in [5, 5.41) is 6.86. The fourth-order valence-electron chi connectivity index (χ4n) is 3.30. The summed E-state index contributed by atoms with van der Waals surface area (Å²) >= 11 is 0. The van der Waals surface area contributed by atoms with Gasteiger partial charge >= 0.3 is 0 Å². The highest BCUT2D eigenvalue weighted by Crippen LogP contribution is 2.28. The van der Waals surface area contributed by atoms with Crippen molar-refractivity contribution in [3.63, 3.8) is 0 Å². The van der Waals surface area contributed by atoms with Crippen LogP contribution in [0.2, 0.25) is 0 Å². The summed E-state index contributed by atoms with van der Waals surface area (Å²) in [6, 6.07) is 6.07. The van der Waals surface area contributed by atoms with Crippen molar-refractivity contribution in [3.8, 4) is 17.3 Å². The molecule has 5 rings (SSSR count). The zero-order valence-electron chi connectivity index (χ0n) is 12.4. The molecule has 1 fully saturated rings. The summed E-state index contributed by atoms with van der Waals surface area (Å²) in [7, 11) is 0. The van der Waals surface area contributed by atoms with E-state index in [-0.39, 0.29) is 12.1 Å². The van der Waals surface area contributed by atoms with Gasteiger partial charge in [0.15, 0.2) is 5.88 Å². The Hall–Kier alpha value is -2.67. The van der Waals surface area contributed by atoms with E-state index >= 15 is 0 Å². The Morgan fingerprint density at radius 1 is 1.22 bits per heavy atom. The number of fused-ring (bicyclic) bond motifs is 4. The van der Waals surface area contributed by atoms with Crippen LogP contribution in [-0.2, 0) is 0 Å². The second-order valence-corrected chi connectivity index (χ2v) is 5.89. The summed E-state index contributed by atoms with van der Waals surface area (Å²) in [5.74, 6) is 1.56. The average Bonchev–Trinajstić information content (AvgIpc) is 3.02. The van der Waals surface area contributed by atoms with E-state index in [1.54, 1.807) is 12.4 Å². The van der Waals surface area contributed by atoms with Crippen molar-refractivity contribution in [2.45, 2.75) is 18.6 Å². The van der Waals surface area contributed by atoms with Crippen LogP contribution >= 0.6 is 0 Å². The smallest absolute Gasteiger partial charge is 0.200 e. The minimum atomic E-state index is 0.0701. The molecule has 1 saturated heterocycles. The number of aromatic nitrogens is 4. The predicted molar refractivity (Wildman–Crippen MR) is 85.5 cm³/mol. The molecule has 116 valence electrons. The minimum Gasteiger partial charge on any atom is -0.473 e. The van der Waals surface area contributed by atoms with E-state index < -0.39 is 0 Å². The van der Waals surface area contributed by atoms with Gasteiger partial charge in [0.05, 0.1) is 30.3 Å². The highest BCUT2D eigenvalue weighted by molar-refractivity contribution is 5.62. The van der Waals surface area contributed by atoms with Crippen molar-refractivity contribution in [2.75, 3.05) is 18.4 Å². The summed E-state index contributed by atoms with van der Waals surface area (Å²) in [5.41, 5.74) is 2.52. The van der Waals surface area contributed by atoms with Gasteiger partial charge in [0.1, 0.15) is 23.3 Å². The number of nitrogens with zero attached hydrogens (tertiary/aromatic N) is 4. The van der Waals surface area contributed by atoms with Crippen LogP contribution in [0.3, 0.4) is 0 Å². The van der Waals surface area contributed by atoms with Gasteiger partial charge in [0, 0.05) is 6.54 Å². The van der Waals surface area contributed by atoms with Crippen molar-refractivity contribution in [1.82, 2.24) is 24.7 Å². The highest BCUT2D eigenvalue weighted by atomic mass is 16.5. The van der Waals surface area contributed by atoms with Crippen LogP contribution in [0, 0.1) is 0 Å². The first kappa shape index (κ1) is 12.8. The SMILES string of the molecule is c1cc2n3c(cnc3c1)-c1cncc(n1)NC1CNCCC1O2. The molecule has 0 aromatic carbocycles. The maximum absolute atomic E-state index is 6.37. The van der Waals surface area contributed by atoms with E-state index in [9.17, 15) is 0 Å². The number of ether oxygens (including phenoxy) is 1. The minimum absolute atomic E-state index is 0.0701. The molecule has 3 aromatic rings. The van der Waals surface area contributed by atoms with Crippen LogP contribution in [0.5, 0.6) is 5.88 Å². The molecule has 0 spiro atoms. The molecule has 0 aliphatic carbocycles. The first-order valence-electron chi connectivity index (χ1n) is 7.81. The fraction of sp³-hybridized carbons (Fsp3) is 0.312. The summed E-state index contributed by atoms with van der Waals surface area (Å²) in [6.45, 7) is 1.78. The second kappa shape index (κ2) is 4.92. The molecule has 0 amide bonds. The van der Waals surface area contributed by atoms with Crippen LogP contribution in [0.4, 0.5) is 5.82 Å². The molecule has 2 unspecified atom stereocenters. The molecule has 2 aliphatic heterocycles. The topological polar surface area (TPSA) is 76.4 Å². The summed E-state index contributed by atoms with van der Waals surface area (Å²) in [6.07, 6.45) is 6.33. The van der Waals surface area contributed by atoms with Crippen LogP contribution < -0.4 is 15.4 Å². The number of pyridine rings is 1. The molecule has 7 nitrogen and oxygen atoms in total. The number of imidazole rings is 1. The third-order valence-electron chi connectivity index (χ3n) is 4.41. The van der Waals surface area contributed by atoms with Gasteiger partial charge in [-0.25, -0.2) is 9.97 Å². The Labute approximate surface area is 132 Å². The van der Waals surface area contributed by atoms with Crippen LogP contribution in [0.15, 0.2) is 36.8 Å². The Bertz CT molecular complexity index is 876. The molecule has 3 aromatic heterocycles. The number of anilines is 1. The number of hydrogen-bond acceptors (Lipinski definition) is 6. The largest absolute Gasteiger partial charge is 0.473 e. The molecule has 2 N–H and O–H groups in total. The van der Waals surface area contributed by atoms with Gasteiger partial charge in [0.2, 0.25) is 0 Å². The van der Waals surface area contributed by atoms with Crippen molar-refractivity contribution in [3.05, 3.63) is 36.8 Å². The van der Waals surface area contributed by atoms with E-state index in [0.29, 0.717) is 0 Å². The van der Waals surface area contributed by atoms with Crippen molar-refractivity contribution < 1.29 is 4.74 Å². The summed E-state index contributed by atoms with van der Waals surface area (Å²) < 4.78 is 8.38. The maximum atomic E-state index is 6.37. The second-order valence-electron chi connectivity index (χ2n) is 5.89. The molecule has 2 aliphatic rings. The lowest BCUT2D eigenvalue weighted by molar-refractivity contribution is 0.140. The number of hydrogen-bond donors (Lipinski definition) is 2. The van der Waals surface area contributed by atoms with E-state index in [1.165, 1.54) is 0 Å². The van der Waals surface area contributed by atoms with E-state index in [1.807, 2.05) is 28.8 Å². The molecular weight excluding hydrogens is 292 g/mol. The molecule has 2 atom stereocenters. The molecule has 0 radical (unpaired) electrons. The molecule has 7 heteroatoms. The summed E-state index contributed by atoms with van der Waals surface area (Å²) in [4.78, 5) is 13.5. The lowest BCUT2D eigenvalue weighted by Crippen LogP contribution is -2.51. The number of piperidine rings is 1. The fourth-order valence-corrected chi connectivity index (χ4v) is 3.30. The number of nitrogens with one attached hydrogen (secondary N) is 2. The third-order valence-corrected chi connectivity index (χ3v) is 4.41. The van der Waals surface area contributed by atoms with E-state index in [4.69, 9.17) is 9.72 Å². The molecular formula is C16H16N6O. The standard InChI is InChI=1S/C16H16N6O/c1-2-15-19-8-12-10-6-18-9-14(20-10)21-11-7-17-5-4-13(11)23-16(3-1)22(12)15/h1-3,6,8-9,11,13,17H,4-5,7H2,(H,20,21). The Kier molecular flexibility index (Phi) is 2.75. The first-order chi connectivity index (χ1) is 11.4. The molecule has 2 bridgehead atoms. The van der Waals surface area contributed by atoms with Crippen LogP contribution in [-0.4, -0.2) is 44.6 Å². The van der Waals surface area contributed by atoms with E-state index in [2.05, 4.69) is 20.6 Å². The molecule has 0 saturated carbocycles. The van der Waals surface area contributed by atoms with Gasteiger partial charge in [-0.1, -0.05) is 6.07 Å². The van der Waals surface area contributed by atoms with Crippen molar-refractivity contribution >= 4 is 11.5 Å². The monoisotopic (exact) mass is 308 g/mol. The van der Waals surface area contributed by atoms with Crippen LogP contribution in [0.25, 0.3) is 17.0 Å². The lowest BCUT2D eigenvalue weighted by atomic mass is 10.0. The average molecular weight is 308 g/mol. The van der Waals surface area contributed by atoms with Gasteiger partial charge in [-0.3, -0.25) is 9.38 Å². The Balaban J connectivity index is 1.76. The van der Waals surface area contributed by atoms with Gasteiger partial charge in [0.25, 0.3) is 0 Å². The predicted octanol–water partition coefficient (Wildman–Crippen LogP) is 1.33. The lowest BCUT2D eigenvalue weighted by Gasteiger charge is -2.34. The van der Waals surface area contributed by atoms with Gasteiger partial charge in [-0.05, 0) is 25.1 Å². The molecule has 23 heavy (non-hydrogen) atoms. The van der Waals surface area contributed by atoms with Gasteiger partial charge in [-0.15, -0.1) is 0 Å². The number of rotatable bonds is 0. The normalized spacial score (nSPS) is 22.8. The first-order valence-corrected chi connectivity index (χ1v) is 7.81. The zero-order valence-corrected chi connectivity index (χ0v) is 12.4. The van der Waals surface area contributed by atoms with Crippen molar-refractivity contribution in [2.24, 2.45) is 0 Å². The highest BCUT2D eigenvalue weighted by Gasteiger charge is 2.29. The quantitative estimate of drug-likeness (QED) is 0.652.